The maximum atomic E-state index is 12.3. The Hall–Kier alpha value is -4.19. The molecule has 0 aromatic heterocycles. The lowest BCUT2D eigenvalue weighted by Crippen LogP contribution is -2.26. The molecule has 1 heterocycles. The molecule has 0 bridgehead atoms. The van der Waals surface area contributed by atoms with Crippen molar-refractivity contribution in [2.75, 3.05) is 6.54 Å². The number of carbonyl (C=O) groups excluding carboxylic acids is 1. The monoisotopic (exact) mass is 604 g/mol. The molecule has 1 N–H and O–H groups in total. The zero-order chi connectivity index (χ0) is 33.0. The van der Waals surface area contributed by atoms with E-state index in [1.54, 1.807) is 18.4 Å². The van der Waals surface area contributed by atoms with Crippen molar-refractivity contribution < 1.29 is 18.0 Å². The molecule has 2 aliphatic rings. The summed E-state index contributed by atoms with van der Waals surface area (Å²) in [6.07, 6.45) is 19.6. The Labute approximate surface area is 262 Å². The van der Waals surface area contributed by atoms with E-state index in [0.29, 0.717) is 35.6 Å². The van der Waals surface area contributed by atoms with Crippen molar-refractivity contribution in [2.45, 2.75) is 72.4 Å². The number of aliphatic imine (C=N–C) groups is 1. The van der Waals surface area contributed by atoms with Gasteiger partial charge in [0, 0.05) is 36.0 Å². The van der Waals surface area contributed by atoms with Crippen LogP contribution >= 0.6 is 0 Å². The quantitative estimate of drug-likeness (QED) is 0.209. The van der Waals surface area contributed by atoms with Gasteiger partial charge in [0.05, 0.1) is 0 Å². The van der Waals surface area contributed by atoms with Crippen LogP contribution in [0.4, 0.5) is 13.2 Å². The van der Waals surface area contributed by atoms with E-state index in [1.165, 1.54) is 17.4 Å². The minimum Gasteiger partial charge on any atom is -0.352 e. The Morgan fingerprint density at radius 2 is 1.75 bits per heavy atom. The summed E-state index contributed by atoms with van der Waals surface area (Å²) in [7, 11) is 0. The minimum atomic E-state index is -4.30. The molecular weight excluding hydrogens is 557 g/mol. The lowest BCUT2D eigenvalue weighted by molar-refractivity contribution is -0.117. The van der Waals surface area contributed by atoms with Crippen LogP contribution in [0.2, 0.25) is 0 Å². The van der Waals surface area contributed by atoms with E-state index < -0.39 is 11.7 Å². The molecule has 3 nitrogen and oxygen atoms in total. The van der Waals surface area contributed by atoms with Gasteiger partial charge in [-0.1, -0.05) is 105 Å². The van der Waals surface area contributed by atoms with Crippen LogP contribution in [0.3, 0.4) is 0 Å². The van der Waals surface area contributed by atoms with Gasteiger partial charge in [-0.25, -0.2) is 0 Å². The topological polar surface area (TPSA) is 41.5 Å². The first-order chi connectivity index (χ1) is 21.0. The lowest BCUT2D eigenvalue weighted by atomic mass is 9.85. The third-order valence-electron chi connectivity index (χ3n) is 6.73. The molecule has 236 valence electrons. The highest BCUT2D eigenvalue weighted by Crippen LogP contribution is 2.31. The molecule has 0 saturated carbocycles. The van der Waals surface area contributed by atoms with Gasteiger partial charge in [-0.15, -0.1) is 0 Å². The van der Waals surface area contributed by atoms with Crippen LogP contribution in [-0.2, 0) is 4.79 Å². The van der Waals surface area contributed by atoms with E-state index >= 15 is 0 Å². The van der Waals surface area contributed by atoms with Crippen molar-refractivity contribution in [2.24, 2.45) is 4.99 Å². The molecule has 0 spiro atoms. The van der Waals surface area contributed by atoms with Crippen LogP contribution in [0.1, 0.15) is 71.8 Å². The van der Waals surface area contributed by atoms with E-state index in [-0.39, 0.29) is 5.91 Å². The standard InChI is InChI=1S/C24H29NO.C12H12F3N.C2H6/c1-4-19(2)15-16-20(3)24(26)25-18-17-23(21-11-7-5-8-12-21)22-13-9-6-10-14-22;1-9(7-10(2)12(13,14)15)11-5-3-4-6-16-8-11;1-2/h4-5,7-9,11-16,23H,3,6,10,17-18H2,1-2H3,(H,25,26);4-8H,1,3H2,2H3;1-2H3/b16-15-,19-4-;10-7+;. The number of amides is 1. The fourth-order valence-electron chi connectivity index (χ4n) is 4.08. The molecule has 1 amide bonds. The molecule has 0 fully saturated rings. The third kappa shape index (κ3) is 14.3. The summed E-state index contributed by atoms with van der Waals surface area (Å²) in [5.74, 6) is 0.201. The van der Waals surface area contributed by atoms with Crippen LogP contribution in [0.15, 0.2) is 143 Å². The van der Waals surface area contributed by atoms with Crippen LogP contribution in [0, 0.1) is 0 Å². The second-order valence-electron chi connectivity index (χ2n) is 9.99. The summed E-state index contributed by atoms with van der Waals surface area (Å²) in [5.41, 5.74) is 4.51. The highest BCUT2D eigenvalue weighted by atomic mass is 19.4. The Bertz CT molecular complexity index is 1330. The molecular formula is C38H47F3N2O. The second-order valence-corrected chi connectivity index (χ2v) is 9.99. The fourth-order valence-corrected chi connectivity index (χ4v) is 4.08. The minimum absolute atomic E-state index is 0.106. The summed E-state index contributed by atoms with van der Waals surface area (Å²) in [6, 6.07) is 10.5. The SMILES string of the molecule is C=C(/C=C(\C)C(F)(F)F)C1=CCC=CN=C1.C=C(/C=C\C(C)=C/C)C(=O)NCCC(C1=CCCC=C1)c1ccccc1.CC. The first kappa shape index (κ1) is 37.8. The Morgan fingerprint density at radius 3 is 2.36 bits per heavy atom. The van der Waals surface area contributed by atoms with Crippen molar-refractivity contribution in [3.63, 3.8) is 0 Å². The van der Waals surface area contributed by atoms with Gasteiger partial charge < -0.3 is 5.32 Å². The van der Waals surface area contributed by atoms with Gasteiger partial charge in [0.15, 0.2) is 0 Å². The summed E-state index contributed by atoms with van der Waals surface area (Å²) in [5, 5.41) is 3.00. The largest absolute Gasteiger partial charge is 0.412 e. The normalized spacial score (nSPS) is 15.5. The Morgan fingerprint density at radius 1 is 1.05 bits per heavy atom. The van der Waals surface area contributed by atoms with E-state index in [1.807, 2.05) is 52.0 Å². The number of carbonyl (C=O) groups is 1. The van der Waals surface area contributed by atoms with Crippen LogP contribution in [0.25, 0.3) is 0 Å². The second kappa shape index (κ2) is 20.7. The summed E-state index contributed by atoms with van der Waals surface area (Å²) in [4.78, 5) is 16.1. The van der Waals surface area contributed by atoms with E-state index in [4.69, 9.17) is 0 Å². The lowest BCUT2D eigenvalue weighted by Gasteiger charge is -2.21. The highest BCUT2D eigenvalue weighted by Gasteiger charge is 2.30. The zero-order valence-corrected chi connectivity index (χ0v) is 26.8. The average molecular weight is 605 g/mol. The maximum absolute atomic E-state index is 12.3. The number of hydrogen-bond acceptors (Lipinski definition) is 2. The van der Waals surface area contributed by atoms with Crippen molar-refractivity contribution in [1.82, 2.24) is 5.32 Å². The maximum Gasteiger partial charge on any atom is 0.412 e. The van der Waals surface area contributed by atoms with E-state index in [0.717, 1.165) is 37.8 Å². The molecule has 3 rings (SSSR count). The Balaban J connectivity index is 0.000000461. The number of nitrogens with zero attached hydrogens (tertiary/aromatic N) is 1. The van der Waals surface area contributed by atoms with E-state index in [2.05, 4.69) is 66.0 Å². The number of nitrogens with one attached hydrogen (secondary N) is 1. The number of hydrogen-bond donors (Lipinski definition) is 1. The molecule has 1 aliphatic heterocycles. The van der Waals surface area contributed by atoms with Gasteiger partial charge in [-0.3, -0.25) is 9.79 Å². The van der Waals surface area contributed by atoms with Gasteiger partial charge >= 0.3 is 6.18 Å². The highest BCUT2D eigenvalue weighted by molar-refractivity contribution is 5.95. The van der Waals surface area contributed by atoms with Gasteiger partial charge in [0.1, 0.15) is 0 Å². The number of rotatable bonds is 10. The van der Waals surface area contributed by atoms with Gasteiger partial charge in [-0.05, 0) is 80.9 Å². The predicted octanol–water partition coefficient (Wildman–Crippen LogP) is 10.6. The molecule has 0 saturated heterocycles. The molecule has 1 unspecified atom stereocenters. The summed E-state index contributed by atoms with van der Waals surface area (Å²) >= 11 is 0. The number of halogens is 3. The molecule has 6 heteroatoms. The molecule has 1 aromatic rings. The number of benzene rings is 1. The van der Waals surface area contributed by atoms with Crippen LogP contribution in [-0.4, -0.2) is 24.8 Å². The molecule has 1 aliphatic carbocycles. The molecule has 1 aromatic carbocycles. The van der Waals surface area contributed by atoms with Crippen LogP contribution in [0.5, 0.6) is 0 Å². The smallest absolute Gasteiger partial charge is 0.352 e. The van der Waals surface area contributed by atoms with Crippen molar-refractivity contribution in [3.8, 4) is 0 Å². The Kier molecular flexibility index (Phi) is 17.8. The number of allylic oxidation sites excluding steroid dienone is 13. The summed E-state index contributed by atoms with van der Waals surface area (Å²) in [6.45, 7) is 17.1. The molecule has 0 radical (unpaired) electrons. The van der Waals surface area contributed by atoms with Crippen molar-refractivity contribution in [3.05, 3.63) is 143 Å². The van der Waals surface area contributed by atoms with Crippen LogP contribution < -0.4 is 5.32 Å². The van der Waals surface area contributed by atoms with Gasteiger partial charge in [0.25, 0.3) is 5.91 Å². The number of alkyl halides is 3. The first-order valence-corrected chi connectivity index (χ1v) is 15.1. The van der Waals surface area contributed by atoms with E-state index in [9.17, 15) is 18.0 Å². The average Bonchev–Trinajstić information content (AvgIpc) is 3.33. The third-order valence-corrected chi connectivity index (χ3v) is 6.73. The predicted molar refractivity (Wildman–Crippen MR) is 182 cm³/mol. The van der Waals surface area contributed by atoms with Crippen molar-refractivity contribution >= 4 is 12.1 Å². The van der Waals surface area contributed by atoms with Crippen molar-refractivity contribution in [1.29, 1.82) is 0 Å². The summed E-state index contributed by atoms with van der Waals surface area (Å²) < 4.78 is 36.8. The zero-order valence-electron chi connectivity index (χ0n) is 26.8. The molecule has 1 atom stereocenters. The first-order valence-electron chi connectivity index (χ1n) is 15.1. The van der Waals surface area contributed by atoms with Gasteiger partial charge in [-0.2, -0.15) is 13.2 Å². The van der Waals surface area contributed by atoms with Gasteiger partial charge in [0.2, 0.25) is 0 Å². The fraction of sp³-hybridized carbons (Fsp3) is 0.316. The molecule has 44 heavy (non-hydrogen) atoms.